The van der Waals surface area contributed by atoms with Crippen molar-refractivity contribution in [1.29, 1.82) is 0 Å². The van der Waals surface area contributed by atoms with Gasteiger partial charge in [0.2, 0.25) is 0 Å². The van der Waals surface area contributed by atoms with Crippen LogP contribution in [-0.2, 0) is 0 Å². The van der Waals surface area contributed by atoms with Gasteiger partial charge in [-0.3, -0.25) is 0 Å². The highest BCUT2D eigenvalue weighted by Gasteiger charge is 1.99. The topological polar surface area (TPSA) is 74.6 Å². The van der Waals surface area contributed by atoms with E-state index >= 15 is 0 Å². The lowest BCUT2D eigenvalue weighted by molar-refractivity contribution is 0.0686. The van der Waals surface area contributed by atoms with E-state index in [-0.39, 0.29) is 0 Å². The summed E-state index contributed by atoms with van der Waals surface area (Å²) in [6.45, 7) is 5.48. The molecule has 0 saturated heterocycles. The largest absolute Gasteiger partial charge is 0.478 e. The Labute approximate surface area is 123 Å². The van der Waals surface area contributed by atoms with Gasteiger partial charge in [0.15, 0.2) is 0 Å². The first kappa shape index (κ1) is 16.2. The molecule has 0 aliphatic carbocycles. The van der Waals surface area contributed by atoms with Crippen LogP contribution in [0.4, 0.5) is 0 Å². The van der Waals surface area contributed by atoms with Gasteiger partial charge in [-0.2, -0.15) is 0 Å². The molecule has 0 fully saturated rings. The molecule has 21 heavy (non-hydrogen) atoms. The minimum absolute atomic E-state index is 0.301. The quantitative estimate of drug-likeness (QED) is 0.900. The molecule has 0 saturated carbocycles. The Balaban J connectivity index is 0.000000211. The Kier molecular flexibility index (Phi) is 5.89. The predicted octanol–water partition coefficient (Wildman–Crippen LogP) is 3.72. The molecule has 0 amide bonds. The van der Waals surface area contributed by atoms with E-state index in [1.807, 2.05) is 6.92 Å². The number of carbonyl (C=O) groups is 2. The Morgan fingerprint density at radius 3 is 1.57 bits per heavy atom. The van der Waals surface area contributed by atoms with E-state index < -0.39 is 11.9 Å². The van der Waals surface area contributed by atoms with Gasteiger partial charge in [-0.15, -0.1) is 0 Å². The fraction of sp³-hybridized carbons (Fsp3) is 0.0588. The Morgan fingerprint density at radius 2 is 1.24 bits per heavy atom. The molecular weight excluding hydrogens is 268 g/mol. The van der Waals surface area contributed by atoms with E-state index in [1.165, 1.54) is 0 Å². The molecule has 4 nitrogen and oxygen atoms in total. The molecule has 0 aliphatic heterocycles. The molecule has 2 rings (SSSR count). The fourth-order valence-electron chi connectivity index (χ4n) is 1.46. The molecule has 0 heterocycles. The number of aryl methyl sites for hydroxylation is 1. The average molecular weight is 284 g/mol. The number of aromatic carboxylic acids is 2. The highest BCUT2D eigenvalue weighted by Crippen LogP contribution is 2.04. The minimum Gasteiger partial charge on any atom is -0.478 e. The van der Waals surface area contributed by atoms with E-state index in [1.54, 1.807) is 54.6 Å². The van der Waals surface area contributed by atoms with Gasteiger partial charge in [0.1, 0.15) is 0 Å². The van der Waals surface area contributed by atoms with Crippen LogP contribution in [0, 0.1) is 6.92 Å². The molecule has 0 atom stereocenters. The van der Waals surface area contributed by atoms with Crippen LogP contribution in [0.25, 0.3) is 6.08 Å². The first-order chi connectivity index (χ1) is 9.93. The first-order valence-electron chi connectivity index (χ1n) is 6.20. The van der Waals surface area contributed by atoms with Crippen molar-refractivity contribution < 1.29 is 19.8 Å². The van der Waals surface area contributed by atoms with E-state index in [4.69, 9.17) is 10.2 Å². The molecule has 4 heteroatoms. The van der Waals surface area contributed by atoms with Gasteiger partial charge in [0.05, 0.1) is 11.1 Å². The Hall–Kier alpha value is -2.88. The summed E-state index contributed by atoms with van der Waals surface area (Å²) >= 11 is 0. The molecule has 2 aromatic rings. The van der Waals surface area contributed by atoms with Crippen molar-refractivity contribution in [1.82, 2.24) is 0 Å². The summed E-state index contributed by atoms with van der Waals surface area (Å²) in [5, 5.41) is 17.0. The monoisotopic (exact) mass is 284 g/mol. The second-order valence-electron chi connectivity index (χ2n) is 4.30. The lowest BCUT2D eigenvalue weighted by atomic mass is 10.1. The lowest BCUT2D eigenvalue weighted by Crippen LogP contribution is -1.94. The molecule has 0 spiro atoms. The zero-order valence-electron chi connectivity index (χ0n) is 11.6. The predicted molar refractivity (Wildman–Crippen MR) is 81.6 cm³/mol. The Bertz CT molecular complexity index is 625. The summed E-state index contributed by atoms with van der Waals surface area (Å²) in [5.41, 5.74) is 2.64. The number of hydrogen-bond acceptors (Lipinski definition) is 2. The molecular formula is C17H16O4. The van der Waals surface area contributed by atoms with Crippen LogP contribution in [0.2, 0.25) is 0 Å². The van der Waals surface area contributed by atoms with Crippen LogP contribution < -0.4 is 0 Å². The van der Waals surface area contributed by atoms with Crippen molar-refractivity contribution in [2.75, 3.05) is 0 Å². The SMILES string of the molecule is C=Cc1ccc(C(=O)O)cc1.Cc1ccc(C(=O)O)cc1. The molecule has 108 valence electrons. The van der Waals surface area contributed by atoms with Crippen molar-refractivity contribution in [2.45, 2.75) is 6.92 Å². The van der Waals surface area contributed by atoms with Crippen molar-refractivity contribution in [3.05, 3.63) is 77.4 Å². The van der Waals surface area contributed by atoms with Crippen LogP contribution in [0.3, 0.4) is 0 Å². The molecule has 2 N–H and O–H groups in total. The second-order valence-corrected chi connectivity index (χ2v) is 4.30. The van der Waals surface area contributed by atoms with E-state index in [2.05, 4.69) is 6.58 Å². The van der Waals surface area contributed by atoms with Gasteiger partial charge in [-0.25, -0.2) is 9.59 Å². The van der Waals surface area contributed by atoms with Gasteiger partial charge in [0.25, 0.3) is 0 Å². The second kappa shape index (κ2) is 7.65. The molecule has 0 bridgehead atoms. The number of benzene rings is 2. The molecule has 0 aromatic heterocycles. The smallest absolute Gasteiger partial charge is 0.335 e. The number of carboxylic acids is 2. The van der Waals surface area contributed by atoms with Crippen LogP contribution in [0.1, 0.15) is 31.8 Å². The summed E-state index contributed by atoms with van der Waals surface area (Å²) in [4.78, 5) is 20.7. The van der Waals surface area contributed by atoms with E-state index in [0.717, 1.165) is 11.1 Å². The highest BCUT2D eigenvalue weighted by molar-refractivity contribution is 5.88. The maximum Gasteiger partial charge on any atom is 0.335 e. The number of rotatable bonds is 3. The van der Waals surface area contributed by atoms with Crippen molar-refractivity contribution in [3.63, 3.8) is 0 Å². The average Bonchev–Trinajstić information content (AvgIpc) is 2.48. The summed E-state index contributed by atoms with van der Waals surface area (Å²) in [6.07, 6.45) is 1.67. The number of carboxylic acid groups (broad SMARTS) is 2. The van der Waals surface area contributed by atoms with Gasteiger partial charge in [-0.05, 0) is 36.8 Å². The Morgan fingerprint density at radius 1 is 0.857 bits per heavy atom. The first-order valence-corrected chi connectivity index (χ1v) is 6.20. The zero-order chi connectivity index (χ0) is 15.8. The standard InChI is InChI=1S/C9H8O2.C8H8O2/c1-2-7-3-5-8(6-4-7)9(10)11;1-6-2-4-7(5-3-6)8(9)10/h2-6H,1H2,(H,10,11);2-5H,1H3,(H,9,10). The summed E-state index contributed by atoms with van der Waals surface area (Å²) < 4.78 is 0. The third-order valence-corrected chi connectivity index (χ3v) is 2.69. The molecule has 0 aliphatic rings. The van der Waals surface area contributed by atoms with Crippen LogP contribution in [0.15, 0.2) is 55.1 Å². The third kappa shape index (κ3) is 5.32. The summed E-state index contributed by atoms with van der Waals surface area (Å²) in [6, 6.07) is 13.3. The van der Waals surface area contributed by atoms with Crippen molar-refractivity contribution in [3.8, 4) is 0 Å². The maximum absolute atomic E-state index is 10.4. The third-order valence-electron chi connectivity index (χ3n) is 2.69. The molecule has 0 radical (unpaired) electrons. The summed E-state index contributed by atoms with van der Waals surface area (Å²) in [5.74, 6) is -1.78. The normalized spacial score (nSPS) is 9.19. The highest BCUT2D eigenvalue weighted by atomic mass is 16.4. The van der Waals surface area contributed by atoms with Crippen LogP contribution in [0.5, 0.6) is 0 Å². The van der Waals surface area contributed by atoms with E-state index in [9.17, 15) is 9.59 Å². The summed E-state index contributed by atoms with van der Waals surface area (Å²) in [7, 11) is 0. The fourth-order valence-corrected chi connectivity index (χ4v) is 1.46. The zero-order valence-corrected chi connectivity index (χ0v) is 11.6. The maximum atomic E-state index is 10.4. The lowest BCUT2D eigenvalue weighted by Gasteiger charge is -1.93. The van der Waals surface area contributed by atoms with Crippen LogP contribution in [-0.4, -0.2) is 22.2 Å². The van der Waals surface area contributed by atoms with Crippen molar-refractivity contribution >= 4 is 18.0 Å². The minimum atomic E-state index is -0.902. The van der Waals surface area contributed by atoms with Crippen LogP contribution >= 0.6 is 0 Å². The number of hydrogen-bond donors (Lipinski definition) is 2. The van der Waals surface area contributed by atoms with Gasteiger partial charge < -0.3 is 10.2 Å². The van der Waals surface area contributed by atoms with Gasteiger partial charge in [0, 0.05) is 0 Å². The molecule has 0 unspecified atom stereocenters. The van der Waals surface area contributed by atoms with E-state index in [0.29, 0.717) is 11.1 Å². The van der Waals surface area contributed by atoms with Gasteiger partial charge >= 0.3 is 11.9 Å². The molecule has 2 aromatic carbocycles. The van der Waals surface area contributed by atoms with Gasteiger partial charge in [-0.1, -0.05) is 42.5 Å². The van der Waals surface area contributed by atoms with Crippen molar-refractivity contribution in [2.24, 2.45) is 0 Å².